The molecule has 0 radical (unpaired) electrons. The van der Waals surface area contributed by atoms with Crippen molar-refractivity contribution in [2.24, 2.45) is 0 Å². The van der Waals surface area contributed by atoms with E-state index in [9.17, 15) is 17.6 Å². The molecule has 3 rings (SSSR count). The fourth-order valence-corrected chi connectivity index (χ4v) is 3.60. The first-order chi connectivity index (χ1) is 14.4. The summed E-state index contributed by atoms with van der Waals surface area (Å²) in [6.45, 7) is -0.277. The van der Waals surface area contributed by atoms with Gasteiger partial charge in [0.2, 0.25) is 0 Å². The molecular formula is C21H19FN2O5S. The predicted molar refractivity (Wildman–Crippen MR) is 111 cm³/mol. The molecule has 0 aliphatic carbocycles. The summed E-state index contributed by atoms with van der Waals surface area (Å²) < 4.78 is 50.9. The number of anilines is 2. The van der Waals surface area contributed by atoms with E-state index in [-0.39, 0.29) is 11.5 Å². The maximum atomic E-state index is 12.9. The molecule has 0 unspecified atom stereocenters. The third-order valence-corrected chi connectivity index (χ3v) is 5.36. The van der Waals surface area contributed by atoms with E-state index in [1.165, 1.54) is 55.6 Å². The lowest BCUT2D eigenvalue weighted by molar-refractivity contribution is -0.118. The Bertz CT molecular complexity index is 1120. The molecule has 0 bridgehead atoms. The molecular weight excluding hydrogens is 411 g/mol. The maximum Gasteiger partial charge on any atom is 0.262 e. The summed E-state index contributed by atoms with van der Waals surface area (Å²) >= 11 is 0. The van der Waals surface area contributed by atoms with Gasteiger partial charge in [-0.15, -0.1) is 0 Å². The Morgan fingerprint density at radius 2 is 1.63 bits per heavy atom. The SMILES string of the molecule is COc1ccccc1NS(=O)(=O)c1ccc(NC(=O)COc2ccc(F)cc2)cc1. The van der Waals surface area contributed by atoms with Crippen molar-refractivity contribution in [2.45, 2.75) is 4.90 Å². The Hall–Kier alpha value is -3.59. The first-order valence-corrected chi connectivity index (χ1v) is 10.3. The van der Waals surface area contributed by atoms with Crippen LogP contribution in [0.5, 0.6) is 11.5 Å². The summed E-state index contributed by atoms with van der Waals surface area (Å²) in [5, 5.41) is 2.60. The first kappa shape index (κ1) is 21.1. The van der Waals surface area contributed by atoms with Crippen LogP contribution in [0.3, 0.4) is 0 Å². The number of carbonyl (C=O) groups excluding carboxylic acids is 1. The molecule has 7 nitrogen and oxygen atoms in total. The molecule has 0 aromatic heterocycles. The van der Waals surface area contributed by atoms with Gasteiger partial charge in [-0.25, -0.2) is 12.8 Å². The van der Waals surface area contributed by atoms with Crippen molar-refractivity contribution in [1.82, 2.24) is 0 Å². The molecule has 9 heteroatoms. The summed E-state index contributed by atoms with van der Waals surface area (Å²) in [5.41, 5.74) is 0.717. The number of nitrogens with one attached hydrogen (secondary N) is 2. The standard InChI is InChI=1S/C21H19FN2O5S/c1-28-20-5-3-2-4-19(20)24-30(26,27)18-12-8-16(9-13-18)23-21(25)14-29-17-10-6-15(22)7-11-17/h2-13,24H,14H2,1H3,(H,23,25). The number of hydrogen-bond acceptors (Lipinski definition) is 5. The van der Waals surface area contributed by atoms with Crippen molar-refractivity contribution >= 4 is 27.3 Å². The van der Waals surface area contributed by atoms with E-state index in [2.05, 4.69) is 10.0 Å². The fraction of sp³-hybridized carbons (Fsp3) is 0.0952. The summed E-state index contributed by atoms with van der Waals surface area (Å²) in [5.74, 6) is -0.0920. The first-order valence-electron chi connectivity index (χ1n) is 8.81. The minimum atomic E-state index is -3.84. The lowest BCUT2D eigenvalue weighted by Crippen LogP contribution is -2.20. The average Bonchev–Trinajstić information content (AvgIpc) is 2.74. The van der Waals surface area contributed by atoms with Crippen LogP contribution >= 0.6 is 0 Å². The van der Waals surface area contributed by atoms with E-state index in [0.717, 1.165) is 0 Å². The van der Waals surface area contributed by atoms with Crippen molar-refractivity contribution in [3.63, 3.8) is 0 Å². The number of halogens is 1. The van der Waals surface area contributed by atoms with Gasteiger partial charge in [-0.2, -0.15) is 0 Å². The van der Waals surface area contributed by atoms with Crippen LogP contribution in [0.15, 0.2) is 77.7 Å². The third-order valence-electron chi connectivity index (χ3n) is 3.98. The smallest absolute Gasteiger partial charge is 0.262 e. The van der Waals surface area contributed by atoms with Crippen LogP contribution in [0, 0.1) is 5.82 Å². The van der Waals surface area contributed by atoms with Gasteiger partial charge >= 0.3 is 0 Å². The van der Waals surface area contributed by atoms with E-state index in [4.69, 9.17) is 9.47 Å². The Kier molecular flexibility index (Phi) is 6.53. The zero-order valence-electron chi connectivity index (χ0n) is 16.0. The number of rotatable bonds is 8. The second kappa shape index (κ2) is 9.27. The molecule has 0 heterocycles. The second-order valence-electron chi connectivity index (χ2n) is 6.12. The molecule has 0 saturated carbocycles. The van der Waals surface area contributed by atoms with Crippen LogP contribution in [-0.2, 0) is 14.8 Å². The summed E-state index contributed by atoms with van der Waals surface area (Å²) in [6, 6.07) is 17.6. The van der Waals surface area contributed by atoms with Crippen molar-refractivity contribution < 1.29 is 27.1 Å². The molecule has 156 valence electrons. The monoisotopic (exact) mass is 430 g/mol. The van der Waals surface area contributed by atoms with E-state index in [1.807, 2.05) is 0 Å². The Morgan fingerprint density at radius 1 is 0.967 bits per heavy atom. The van der Waals surface area contributed by atoms with Crippen molar-refractivity contribution in [3.05, 3.63) is 78.6 Å². The number of para-hydroxylation sites is 2. The van der Waals surface area contributed by atoms with Crippen LogP contribution in [0.25, 0.3) is 0 Å². The number of carbonyl (C=O) groups is 1. The van der Waals surface area contributed by atoms with E-state index < -0.39 is 21.7 Å². The van der Waals surface area contributed by atoms with Gasteiger partial charge in [0.05, 0.1) is 17.7 Å². The maximum absolute atomic E-state index is 12.9. The number of benzene rings is 3. The summed E-state index contributed by atoms with van der Waals surface area (Å²) in [4.78, 5) is 12.0. The molecule has 1 amide bonds. The molecule has 0 aliphatic heterocycles. The molecule has 0 fully saturated rings. The largest absolute Gasteiger partial charge is 0.495 e. The molecule has 3 aromatic rings. The highest BCUT2D eigenvalue weighted by Crippen LogP contribution is 2.26. The zero-order valence-corrected chi connectivity index (χ0v) is 16.8. The molecule has 3 aromatic carbocycles. The van der Waals surface area contributed by atoms with E-state index in [1.54, 1.807) is 24.3 Å². The number of ether oxygens (including phenoxy) is 2. The highest BCUT2D eigenvalue weighted by Gasteiger charge is 2.16. The lowest BCUT2D eigenvalue weighted by Gasteiger charge is -2.12. The van der Waals surface area contributed by atoms with E-state index in [0.29, 0.717) is 22.9 Å². The molecule has 2 N–H and O–H groups in total. The van der Waals surface area contributed by atoms with Crippen LogP contribution < -0.4 is 19.5 Å². The molecule has 30 heavy (non-hydrogen) atoms. The highest BCUT2D eigenvalue weighted by atomic mass is 32.2. The predicted octanol–water partition coefficient (Wildman–Crippen LogP) is 3.65. The van der Waals surface area contributed by atoms with Gasteiger partial charge in [-0.1, -0.05) is 12.1 Å². The molecule has 0 atom stereocenters. The van der Waals surface area contributed by atoms with Crippen LogP contribution in [0.1, 0.15) is 0 Å². The summed E-state index contributed by atoms with van der Waals surface area (Å²) in [6.07, 6.45) is 0. The molecule has 0 aliphatic rings. The van der Waals surface area contributed by atoms with Gasteiger partial charge in [0.15, 0.2) is 6.61 Å². The third kappa shape index (κ3) is 5.48. The van der Waals surface area contributed by atoms with Crippen LogP contribution in [-0.4, -0.2) is 28.0 Å². The molecule has 0 saturated heterocycles. The molecule has 0 spiro atoms. The fourth-order valence-electron chi connectivity index (χ4n) is 2.53. The number of methoxy groups -OCH3 is 1. The lowest BCUT2D eigenvalue weighted by atomic mass is 10.3. The quantitative estimate of drug-likeness (QED) is 0.569. The topological polar surface area (TPSA) is 93.7 Å². The Labute approximate surface area is 173 Å². The van der Waals surface area contributed by atoms with Gasteiger partial charge in [-0.3, -0.25) is 9.52 Å². The van der Waals surface area contributed by atoms with Gasteiger partial charge < -0.3 is 14.8 Å². The minimum absolute atomic E-state index is 0.0222. The highest BCUT2D eigenvalue weighted by molar-refractivity contribution is 7.92. The van der Waals surface area contributed by atoms with Gasteiger partial charge in [0, 0.05) is 5.69 Å². The van der Waals surface area contributed by atoms with Crippen molar-refractivity contribution in [3.8, 4) is 11.5 Å². The van der Waals surface area contributed by atoms with Gasteiger partial charge in [0.25, 0.3) is 15.9 Å². The van der Waals surface area contributed by atoms with E-state index >= 15 is 0 Å². The van der Waals surface area contributed by atoms with Gasteiger partial charge in [0.1, 0.15) is 17.3 Å². The average molecular weight is 430 g/mol. The Morgan fingerprint density at radius 3 is 2.30 bits per heavy atom. The normalized spacial score (nSPS) is 10.9. The number of amides is 1. The van der Waals surface area contributed by atoms with Crippen molar-refractivity contribution in [1.29, 1.82) is 0 Å². The number of hydrogen-bond donors (Lipinski definition) is 2. The second-order valence-corrected chi connectivity index (χ2v) is 7.80. The van der Waals surface area contributed by atoms with Crippen LogP contribution in [0.2, 0.25) is 0 Å². The zero-order chi connectivity index (χ0) is 21.6. The summed E-state index contributed by atoms with van der Waals surface area (Å²) in [7, 11) is -2.39. The Balaban J connectivity index is 1.61. The van der Waals surface area contributed by atoms with Crippen molar-refractivity contribution in [2.75, 3.05) is 23.8 Å². The number of sulfonamides is 1. The van der Waals surface area contributed by atoms with Gasteiger partial charge in [-0.05, 0) is 60.7 Å². The van der Waals surface area contributed by atoms with Crippen LogP contribution in [0.4, 0.5) is 15.8 Å². The minimum Gasteiger partial charge on any atom is -0.495 e.